The first-order chi connectivity index (χ1) is 14.0. The summed E-state index contributed by atoms with van der Waals surface area (Å²) in [4.78, 5) is 25.9. The van der Waals surface area contributed by atoms with Gasteiger partial charge in [0.1, 0.15) is 12.4 Å². The third-order valence-corrected chi connectivity index (χ3v) is 5.13. The van der Waals surface area contributed by atoms with Gasteiger partial charge in [0, 0.05) is 12.7 Å². The summed E-state index contributed by atoms with van der Waals surface area (Å²) in [5.41, 5.74) is 1.11. The molecule has 8 heteroatoms. The number of benzene rings is 2. The molecule has 3 rings (SSSR count). The molecule has 0 saturated carbocycles. The molecular weight excluding hydrogens is 397 g/mol. The highest BCUT2D eigenvalue weighted by Gasteiger charge is 2.34. The van der Waals surface area contributed by atoms with Crippen molar-refractivity contribution in [2.45, 2.75) is 6.61 Å². The summed E-state index contributed by atoms with van der Waals surface area (Å²) >= 11 is 0.883. The van der Waals surface area contributed by atoms with Crippen LogP contribution in [0.5, 0.6) is 11.5 Å². The number of methoxy groups -OCH3 is 2. The van der Waals surface area contributed by atoms with Gasteiger partial charge < -0.3 is 14.2 Å². The summed E-state index contributed by atoms with van der Waals surface area (Å²) in [6, 6.07) is 11.5. The van der Waals surface area contributed by atoms with Crippen LogP contribution in [-0.2, 0) is 16.1 Å². The zero-order chi connectivity index (χ0) is 20.8. The number of thioether (sulfide) groups is 1. The zero-order valence-corrected chi connectivity index (χ0v) is 16.8. The molecule has 1 fully saturated rings. The van der Waals surface area contributed by atoms with Crippen LogP contribution >= 0.6 is 11.8 Å². The minimum atomic E-state index is -0.351. The van der Waals surface area contributed by atoms with Crippen LogP contribution in [0.4, 0.5) is 9.18 Å². The third kappa shape index (κ3) is 4.96. The second kappa shape index (κ2) is 9.58. The van der Waals surface area contributed by atoms with E-state index in [-0.39, 0.29) is 36.7 Å². The smallest absolute Gasteiger partial charge is 0.293 e. The first kappa shape index (κ1) is 20.9. The van der Waals surface area contributed by atoms with Gasteiger partial charge in [-0.3, -0.25) is 14.5 Å². The Morgan fingerprint density at radius 1 is 1.10 bits per heavy atom. The molecule has 1 heterocycles. The quantitative estimate of drug-likeness (QED) is 0.603. The fourth-order valence-electron chi connectivity index (χ4n) is 2.69. The summed E-state index contributed by atoms with van der Waals surface area (Å²) in [7, 11) is 3.00. The number of hydrogen-bond acceptors (Lipinski definition) is 6. The molecule has 0 aliphatic carbocycles. The van der Waals surface area contributed by atoms with Gasteiger partial charge in [-0.05, 0) is 41.6 Å². The van der Waals surface area contributed by atoms with E-state index in [1.54, 1.807) is 42.5 Å². The number of imide groups is 1. The van der Waals surface area contributed by atoms with E-state index in [0.717, 1.165) is 16.7 Å². The first-order valence-electron chi connectivity index (χ1n) is 8.82. The van der Waals surface area contributed by atoms with E-state index in [1.807, 2.05) is 0 Å². The maximum atomic E-state index is 13.8. The van der Waals surface area contributed by atoms with Crippen molar-refractivity contribution in [1.82, 2.24) is 4.90 Å². The van der Waals surface area contributed by atoms with Crippen LogP contribution in [0.2, 0.25) is 0 Å². The van der Waals surface area contributed by atoms with E-state index in [4.69, 9.17) is 14.2 Å². The van der Waals surface area contributed by atoms with E-state index in [0.29, 0.717) is 27.5 Å². The van der Waals surface area contributed by atoms with E-state index < -0.39 is 0 Å². The number of carbonyl (C=O) groups is 2. The summed E-state index contributed by atoms with van der Waals surface area (Å²) in [6.45, 7) is 0.554. The molecule has 0 N–H and O–H groups in total. The Labute approximate surface area is 172 Å². The van der Waals surface area contributed by atoms with Crippen LogP contribution in [0.15, 0.2) is 47.4 Å². The number of nitrogens with zero attached hydrogens (tertiary/aromatic N) is 1. The number of rotatable bonds is 8. The van der Waals surface area contributed by atoms with Crippen LogP contribution in [-0.4, -0.2) is 43.4 Å². The van der Waals surface area contributed by atoms with Gasteiger partial charge in [0.15, 0.2) is 11.5 Å². The average molecular weight is 417 g/mol. The van der Waals surface area contributed by atoms with Gasteiger partial charge in [-0.1, -0.05) is 24.3 Å². The lowest BCUT2D eigenvalue weighted by molar-refractivity contribution is -0.123. The first-order valence-corrected chi connectivity index (χ1v) is 9.63. The van der Waals surface area contributed by atoms with Crippen LogP contribution < -0.4 is 9.47 Å². The molecule has 0 aromatic heterocycles. The largest absolute Gasteiger partial charge is 0.493 e. The fourth-order valence-corrected chi connectivity index (χ4v) is 3.56. The summed E-state index contributed by atoms with van der Waals surface area (Å²) in [5, 5.41) is -0.324. The highest BCUT2D eigenvalue weighted by molar-refractivity contribution is 8.18. The number of hydrogen-bond donors (Lipinski definition) is 0. The van der Waals surface area contributed by atoms with E-state index in [1.165, 1.54) is 20.3 Å². The fraction of sp³-hybridized carbons (Fsp3) is 0.238. The Morgan fingerprint density at radius 2 is 1.90 bits per heavy atom. The number of halogens is 1. The Hall–Kier alpha value is -2.84. The van der Waals surface area contributed by atoms with Crippen LogP contribution in [0, 0.1) is 5.82 Å². The van der Waals surface area contributed by atoms with Gasteiger partial charge in [-0.2, -0.15) is 0 Å². The van der Waals surface area contributed by atoms with Crippen molar-refractivity contribution >= 4 is 29.0 Å². The van der Waals surface area contributed by atoms with Crippen LogP contribution in [0.25, 0.3) is 6.08 Å². The molecule has 0 bridgehead atoms. The van der Waals surface area contributed by atoms with E-state index in [2.05, 4.69) is 0 Å². The van der Waals surface area contributed by atoms with Gasteiger partial charge >= 0.3 is 0 Å². The van der Waals surface area contributed by atoms with E-state index >= 15 is 0 Å². The van der Waals surface area contributed by atoms with Gasteiger partial charge in [-0.25, -0.2) is 4.39 Å². The van der Waals surface area contributed by atoms with Gasteiger partial charge in [0.2, 0.25) is 0 Å². The summed E-state index contributed by atoms with van der Waals surface area (Å²) in [5.74, 6) is 0.193. The highest BCUT2D eigenvalue weighted by atomic mass is 32.2. The molecule has 1 saturated heterocycles. The normalized spacial score (nSPS) is 15.3. The van der Waals surface area contributed by atoms with Gasteiger partial charge in [0.25, 0.3) is 11.1 Å². The van der Waals surface area contributed by atoms with Crippen LogP contribution in [0.3, 0.4) is 0 Å². The maximum Gasteiger partial charge on any atom is 0.293 e. The van der Waals surface area contributed by atoms with Crippen molar-refractivity contribution < 1.29 is 28.2 Å². The second-order valence-corrected chi connectivity index (χ2v) is 7.11. The molecule has 0 spiro atoms. The topological polar surface area (TPSA) is 65.1 Å². The van der Waals surface area contributed by atoms with Gasteiger partial charge in [-0.15, -0.1) is 0 Å². The monoisotopic (exact) mass is 417 g/mol. The minimum absolute atomic E-state index is 0.0563. The lowest BCUT2D eigenvalue weighted by Gasteiger charge is -2.12. The SMILES string of the molecule is COCCN1C(=O)S/C(=C/c2ccc(OCc3ccccc3F)c(OC)c2)C1=O. The molecule has 0 unspecified atom stereocenters. The Kier molecular flexibility index (Phi) is 6.90. The zero-order valence-electron chi connectivity index (χ0n) is 16.0. The Balaban J connectivity index is 1.75. The molecule has 2 amide bonds. The lowest BCUT2D eigenvalue weighted by atomic mass is 10.1. The molecular formula is C21H20FNO5S. The Morgan fingerprint density at radius 3 is 2.62 bits per heavy atom. The average Bonchev–Trinajstić information content (AvgIpc) is 2.99. The van der Waals surface area contributed by atoms with Crippen LogP contribution in [0.1, 0.15) is 11.1 Å². The standard InChI is InChI=1S/C21H20FNO5S/c1-26-10-9-23-20(24)19(29-21(23)25)12-14-7-8-17(18(11-14)27-2)28-13-15-5-3-4-6-16(15)22/h3-8,11-12H,9-10,13H2,1-2H3/b19-12+. The van der Waals surface area contributed by atoms with Crippen molar-refractivity contribution in [3.05, 3.63) is 64.3 Å². The molecule has 1 aliphatic rings. The van der Waals surface area contributed by atoms with Gasteiger partial charge in [0.05, 0.1) is 25.2 Å². The van der Waals surface area contributed by atoms with Crippen molar-refractivity contribution in [3.63, 3.8) is 0 Å². The highest BCUT2D eigenvalue weighted by Crippen LogP contribution is 2.34. The predicted molar refractivity (Wildman–Crippen MR) is 108 cm³/mol. The maximum absolute atomic E-state index is 13.8. The number of carbonyl (C=O) groups excluding carboxylic acids is 2. The molecule has 6 nitrogen and oxygen atoms in total. The molecule has 2 aromatic rings. The predicted octanol–water partition coefficient (Wildman–Crippen LogP) is 4.10. The molecule has 0 atom stereocenters. The van der Waals surface area contributed by atoms with Crippen molar-refractivity contribution in [2.24, 2.45) is 0 Å². The van der Waals surface area contributed by atoms with Crippen molar-refractivity contribution in [1.29, 1.82) is 0 Å². The summed E-state index contributed by atoms with van der Waals surface area (Å²) < 4.78 is 29.7. The van der Waals surface area contributed by atoms with Crippen molar-refractivity contribution in [2.75, 3.05) is 27.4 Å². The Bertz CT molecular complexity index is 946. The van der Waals surface area contributed by atoms with Crippen molar-refractivity contribution in [3.8, 4) is 11.5 Å². The molecule has 152 valence electrons. The lowest BCUT2D eigenvalue weighted by Crippen LogP contribution is -2.31. The number of ether oxygens (including phenoxy) is 3. The third-order valence-electron chi connectivity index (χ3n) is 4.22. The number of amides is 2. The molecule has 1 aliphatic heterocycles. The molecule has 29 heavy (non-hydrogen) atoms. The van der Waals surface area contributed by atoms with E-state index in [9.17, 15) is 14.0 Å². The molecule has 2 aromatic carbocycles. The minimum Gasteiger partial charge on any atom is -0.493 e. The second-order valence-electron chi connectivity index (χ2n) is 6.12. The molecule has 0 radical (unpaired) electrons. The summed E-state index contributed by atoms with van der Waals surface area (Å²) in [6.07, 6.45) is 1.63.